The fraction of sp³-hybridized carbons (Fsp3) is 0.536. The van der Waals surface area contributed by atoms with Gasteiger partial charge < -0.3 is 0 Å². The third-order valence-electron chi connectivity index (χ3n) is 6.63. The van der Waals surface area contributed by atoms with E-state index >= 15 is 0 Å². The zero-order chi connectivity index (χ0) is 20.5. The van der Waals surface area contributed by atoms with Crippen molar-refractivity contribution in [2.45, 2.75) is 90.4 Å². The van der Waals surface area contributed by atoms with Gasteiger partial charge in [0.25, 0.3) is 0 Å². The zero-order valence-corrected chi connectivity index (χ0v) is 18.5. The van der Waals surface area contributed by atoms with E-state index in [1.807, 2.05) is 0 Å². The summed E-state index contributed by atoms with van der Waals surface area (Å²) in [6.07, 6.45) is 13.1. The van der Waals surface area contributed by atoms with Gasteiger partial charge in [-0.15, -0.1) is 0 Å². The Morgan fingerprint density at radius 1 is 0.759 bits per heavy atom. The van der Waals surface area contributed by atoms with Gasteiger partial charge in [0.05, 0.1) is 0 Å². The predicted octanol–water partition coefficient (Wildman–Crippen LogP) is 8.12. The van der Waals surface area contributed by atoms with Gasteiger partial charge in [-0.2, -0.15) is 0 Å². The van der Waals surface area contributed by atoms with E-state index in [-0.39, 0.29) is 5.92 Å². The summed E-state index contributed by atoms with van der Waals surface area (Å²) < 4.78 is 0. The van der Waals surface area contributed by atoms with Gasteiger partial charge >= 0.3 is 0 Å². The van der Waals surface area contributed by atoms with Crippen LogP contribution in [0.15, 0.2) is 48.5 Å². The number of ketones is 1. The first-order valence-electron chi connectivity index (χ1n) is 11.9. The second-order valence-electron chi connectivity index (χ2n) is 8.94. The minimum Gasteiger partial charge on any atom is -0.299 e. The van der Waals surface area contributed by atoms with E-state index in [1.165, 1.54) is 80.0 Å². The van der Waals surface area contributed by atoms with Gasteiger partial charge in [-0.25, -0.2) is 0 Å². The smallest absolute Gasteiger partial charge is 0.140 e. The van der Waals surface area contributed by atoms with Gasteiger partial charge in [-0.3, -0.25) is 4.79 Å². The highest BCUT2D eigenvalue weighted by Gasteiger charge is 2.29. The van der Waals surface area contributed by atoms with Gasteiger partial charge in [0.2, 0.25) is 0 Å². The van der Waals surface area contributed by atoms with Crippen LogP contribution in [0.25, 0.3) is 11.1 Å². The summed E-state index contributed by atoms with van der Waals surface area (Å²) in [4.78, 5) is 12.7. The lowest BCUT2D eigenvalue weighted by Gasteiger charge is -2.27. The number of aryl methyl sites for hydroxylation is 1. The molecule has 1 aliphatic carbocycles. The van der Waals surface area contributed by atoms with Gasteiger partial charge in [0.15, 0.2) is 0 Å². The predicted molar refractivity (Wildman–Crippen MR) is 124 cm³/mol. The largest absolute Gasteiger partial charge is 0.299 e. The van der Waals surface area contributed by atoms with Crippen LogP contribution in [0.1, 0.15) is 95.1 Å². The molecule has 156 valence electrons. The van der Waals surface area contributed by atoms with Crippen molar-refractivity contribution in [3.63, 3.8) is 0 Å². The minimum atomic E-state index is 0.118. The highest BCUT2D eigenvalue weighted by atomic mass is 16.1. The highest BCUT2D eigenvalue weighted by Crippen LogP contribution is 2.36. The average molecular weight is 391 g/mol. The fourth-order valence-electron chi connectivity index (χ4n) is 4.73. The summed E-state index contributed by atoms with van der Waals surface area (Å²) in [5, 5.41) is 0. The first kappa shape index (κ1) is 21.8. The molecule has 1 nitrogen and oxygen atoms in total. The molecular weight excluding hydrogens is 352 g/mol. The van der Waals surface area contributed by atoms with Crippen molar-refractivity contribution in [2.24, 2.45) is 5.92 Å². The monoisotopic (exact) mass is 390 g/mol. The molecule has 0 aromatic heterocycles. The first-order valence-corrected chi connectivity index (χ1v) is 11.9. The second-order valence-corrected chi connectivity index (χ2v) is 8.94. The lowest BCUT2D eigenvalue weighted by molar-refractivity contribution is -0.123. The van der Waals surface area contributed by atoms with Crippen molar-refractivity contribution in [1.29, 1.82) is 0 Å². The molecule has 2 aromatic carbocycles. The Hall–Kier alpha value is -1.89. The summed E-state index contributed by atoms with van der Waals surface area (Å²) in [6.45, 7) is 4.49. The standard InChI is InChI=1S/C28H38O/c1-3-5-7-9-22-11-14-24(15-12-22)25-16-18-26(19-17-25)27-20-13-23(21-28(27)29)10-8-6-4-2/h11-12,14-19,23,27H,3-10,13,20-21H2,1-2H3/t23-,27+/m1/s1. The van der Waals surface area contributed by atoms with Crippen molar-refractivity contribution in [3.05, 3.63) is 59.7 Å². The zero-order valence-electron chi connectivity index (χ0n) is 18.5. The van der Waals surface area contributed by atoms with Crippen molar-refractivity contribution < 1.29 is 4.79 Å². The third kappa shape index (κ3) is 6.29. The van der Waals surface area contributed by atoms with Gasteiger partial charge in [-0.1, -0.05) is 101 Å². The van der Waals surface area contributed by atoms with E-state index in [9.17, 15) is 4.79 Å². The Labute approximate surface area is 177 Å². The molecule has 0 radical (unpaired) electrons. The maximum Gasteiger partial charge on any atom is 0.140 e. The fourth-order valence-corrected chi connectivity index (χ4v) is 4.73. The second kappa shape index (κ2) is 11.3. The molecule has 0 spiro atoms. The Morgan fingerprint density at radius 2 is 1.38 bits per heavy atom. The van der Waals surface area contributed by atoms with Gasteiger partial charge in [0, 0.05) is 12.3 Å². The summed E-state index contributed by atoms with van der Waals surface area (Å²) in [5.74, 6) is 1.20. The molecule has 0 aliphatic heterocycles. The molecule has 0 heterocycles. The molecule has 1 heteroatoms. The molecule has 0 N–H and O–H groups in total. The van der Waals surface area contributed by atoms with Crippen LogP contribution in [0.3, 0.4) is 0 Å². The van der Waals surface area contributed by atoms with Crippen LogP contribution in [0.2, 0.25) is 0 Å². The summed E-state index contributed by atoms with van der Waals surface area (Å²) >= 11 is 0. The topological polar surface area (TPSA) is 17.1 Å². The van der Waals surface area contributed by atoms with E-state index in [0.717, 1.165) is 12.8 Å². The molecule has 3 rings (SSSR count). The summed E-state index contributed by atoms with van der Waals surface area (Å²) in [5.41, 5.74) is 5.15. The Balaban J connectivity index is 1.57. The van der Waals surface area contributed by atoms with Crippen LogP contribution in [0.5, 0.6) is 0 Å². The maximum absolute atomic E-state index is 12.7. The molecule has 2 aromatic rings. The van der Waals surface area contributed by atoms with E-state index in [2.05, 4.69) is 62.4 Å². The summed E-state index contributed by atoms with van der Waals surface area (Å²) in [6, 6.07) is 17.8. The van der Waals surface area contributed by atoms with Crippen molar-refractivity contribution in [1.82, 2.24) is 0 Å². The number of hydrogen-bond acceptors (Lipinski definition) is 1. The van der Waals surface area contributed by atoms with Crippen LogP contribution in [-0.4, -0.2) is 5.78 Å². The van der Waals surface area contributed by atoms with Crippen molar-refractivity contribution >= 4 is 5.78 Å². The average Bonchev–Trinajstić information content (AvgIpc) is 2.75. The number of rotatable bonds is 10. The number of benzene rings is 2. The van der Waals surface area contributed by atoms with E-state index in [4.69, 9.17) is 0 Å². The van der Waals surface area contributed by atoms with Crippen LogP contribution in [-0.2, 0) is 11.2 Å². The van der Waals surface area contributed by atoms with Crippen LogP contribution in [0.4, 0.5) is 0 Å². The number of hydrogen-bond donors (Lipinski definition) is 0. The molecule has 29 heavy (non-hydrogen) atoms. The number of unbranched alkanes of at least 4 members (excludes halogenated alkanes) is 4. The first-order chi connectivity index (χ1) is 14.2. The van der Waals surface area contributed by atoms with Crippen molar-refractivity contribution in [3.8, 4) is 11.1 Å². The molecule has 2 atom stereocenters. The molecule has 0 bridgehead atoms. The van der Waals surface area contributed by atoms with Crippen LogP contribution in [0, 0.1) is 5.92 Å². The lowest BCUT2D eigenvalue weighted by atomic mass is 9.76. The molecule has 0 amide bonds. The lowest BCUT2D eigenvalue weighted by Crippen LogP contribution is -2.23. The van der Waals surface area contributed by atoms with E-state index < -0.39 is 0 Å². The normalized spacial score (nSPS) is 19.4. The molecule has 0 saturated heterocycles. The van der Waals surface area contributed by atoms with Crippen LogP contribution < -0.4 is 0 Å². The quantitative estimate of drug-likeness (QED) is 0.374. The molecule has 1 aliphatic rings. The van der Waals surface area contributed by atoms with E-state index in [1.54, 1.807) is 0 Å². The van der Waals surface area contributed by atoms with E-state index in [0.29, 0.717) is 11.7 Å². The SMILES string of the molecule is CCCCCc1ccc(-c2ccc([C@@H]3CC[C@@H](CCCCC)CC3=O)cc2)cc1. The Kier molecular flexibility index (Phi) is 8.52. The summed E-state index contributed by atoms with van der Waals surface area (Å²) in [7, 11) is 0. The van der Waals surface area contributed by atoms with Gasteiger partial charge in [-0.05, 0) is 53.9 Å². The minimum absolute atomic E-state index is 0.118. The number of Topliss-reactive ketones (excluding diaryl/α,β-unsaturated/α-hetero) is 1. The molecule has 0 unspecified atom stereocenters. The van der Waals surface area contributed by atoms with Gasteiger partial charge in [0.1, 0.15) is 5.78 Å². The third-order valence-corrected chi connectivity index (χ3v) is 6.63. The molecule has 1 fully saturated rings. The Bertz CT molecular complexity index is 741. The Morgan fingerprint density at radius 3 is 2.00 bits per heavy atom. The van der Waals surface area contributed by atoms with Crippen LogP contribution >= 0.6 is 0 Å². The molecular formula is C28H38O. The number of carbonyl (C=O) groups excluding carboxylic acids is 1. The number of carbonyl (C=O) groups is 1. The molecule has 1 saturated carbocycles. The maximum atomic E-state index is 12.7. The highest BCUT2D eigenvalue weighted by molar-refractivity contribution is 5.86. The van der Waals surface area contributed by atoms with Crippen molar-refractivity contribution in [2.75, 3.05) is 0 Å².